The van der Waals surface area contributed by atoms with Crippen molar-refractivity contribution in [1.29, 1.82) is 0 Å². The number of nitrogens with zero attached hydrogens (tertiary/aromatic N) is 6. The monoisotopic (exact) mass is 453 g/mol. The second kappa shape index (κ2) is 7.65. The van der Waals surface area contributed by atoms with Gasteiger partial charge in [0, 0.05) is 43.6 Å². The lowest BCUT2D eigenvalue weighted by atomic mass is 10.2. The molecule has 1 amide bonds. The highest BCUT2D eigenvalue weighted by molar-refractivity contribution is 7.99. The van der Waals surface area contributed by atoms with Crippen molar-refractivity contribution < 1.29 is 18.5 Å². The highest BCUT2D eigenvalue weighted by atomic mass is 32.2. The standard InChI is InChI=1S/C22H25N6O3S/c1-30-18-12-19-20(23-13-18)24-22(31-19)25-4-6-27(7-5-25)28-9-2-3-17(28)11-16(14-28)21(29)26-8-10-32-15-26/h2-3,9,11-13H,4-8,10,14-15H2,1H3/q+1/t28-/m1/s1. The number of anilines is 1. The molecule has 4 aliphatic heterocycles. The van der Waals surface area contributed by atoms with Gasteiger partial charge in [0.1, 0.15) is 18.5 Å². The van der Waals surface area contributed by atoms with Gasteiger partial charge in [-0.25, -0.2) is 4.98 Å². The number of carbonyl (C=O) groups is 1. The molecule has 32 heavy (non-hydrogen) atoms. The smallest absolute Gasteiger partial charge is 0.300 e. The van der Waals surface area contributed by atoms with Crippen molar-refractivity contribution in [1.82, 2.24) is 19.9 Å². The number of oxazole rings is 1. The Balaban J connectivity index is 1.16. The molecule has 9 nitrogen and oxygen atoms in total. The summed E-state index contributed by atoms with van der Waals surface area (Å²) in [6.07, 6.45) is 10.2. The van der Waals surface area contributed by atoms with E-state index in [0.717, 1.165) is 49.9 Å². The summed E-state index contributed by atoms with van der Waals surface area (Å²) < 4.78 is 11.8. The van der Waals surface area contributed by atoms with E-state index in [9.17, 15) is 4.79 Å². The minimum atomic E-state index is 0.184. The van der Waals surface area contributed by atoms with Crippen molar-refractivity contribution >= 4 is 34.9 Å². The SMILES string of the molecule is COc1cnc2nc(N3CCN([N@@+]45C=CC=C4C=C(C(=O)N4CCSC4)C5)CC3)oc2c1. The van der Waals surface area contributed by atoms with Crippen LogP contribution in [0.4, 0.5) is 6.01 Å². The van der Waals surface area contributed by atoms with Gasteiger partial charge in [0.25, 0.3) is 11.9 Å². The maximum absolute atomic E-state index is 13.0. The highest BCUT2D eigenvalue weighted by Crippen LogP contribution is 2.38. The van der Waals surface area contributed by atoms with Crippen LogP contribution in [0.2, 0.25) is 0 Å². The number of pyridine rings is 1. The average molecular weight is 454 g/mol. The van der Waals surface area contributed by atoms with Gasteiger partial charge in [0.15, 0.2) is 11.3 Å². The van der Waals surface area contributed by atoms with Crippen LogP contribution in [0.5, 0.6) is 5.75 Å². The first-order chi connectivity index (χ1) is 15.7. The summed E-state index contributed by atoms with van der Waals surface area (Å²) in [5, 5.41) is 2.44. The van der Waals surface area contributed by atoms with Crippen LogP contribution in [0, 0.1) is 0 Å². The predicted octanol–water partition coefficient (Wildman–Crippen LogP) is 1.97. The summed E-state index contributed by atoms with van der Waals surface area (Å²) in [4.78, 5) is 26.0. The number of hydrogen-bond acceptors (Lipinski definition) is 8. The van der Waals surface area contributed by atoms with E-state index in [1.54, 1.807) is 13.3 Å². The normalized spacial score (nSPS) is 25.4. The van der Waals surface area contributed by atoms with Crippen molar-refractivity contribution in [2.24, 2.45) is 0 Å². The van der Waals surface area contributed by atoms with Crippen molar-refractivity contribution in [2.75, 3.05) is 62.9 Å². The molecular weight excluding hydrogens is 428 g/mol. The van der Waals surface area contributed by atoms with Crippen molar-refractivity contribution in [2.45, 2.75) is 0 Å². The number of ether oxygens (including phenoxy) is 1. The molecule has 0 aliphatic carbocycles. The number of methoxy groups -OCH3 is 1. The van der Waals surface area contributed by atoms with E-state index in [4.69, 9.17) is 9.15 Å². The molecule has 6 heterocycles. The van der Waals surface area contributed by atoms with Crippen molar-refractivity contribution in [3.8, 4) is 5.75 Å². The van der Waals surface area contributed by atoms with Crippen LogP contribution in [0.25, 0.3) is 11.2 Å². The van der Waals surface area contributed by atoms with E-state index in [1.165, 1.54) is 5.70 Å². The van der Waals surface area contributed by atoms with Gasteiger partial charge in [-0.15, -0.1) is 16.8 Å². The molecule has 2 aromatic rings. The predicted molar refractivity (Wildman–Crippen MR) is 122 cm³/mol. The van der Waals surface area contributed by atoms with Crippen LogP contribution in [0.3, 0.4) is 0 Å². The van der Waals surface area contributed by atoms with Crippen LogP contribution >= 0.6 is 11.8 Å². The first-order valence-electron chi connectivity index (χ1n) is 10.8. The van der Waals surface area contributed by atoms with Gasteiger partial charge in [-0.05, 0) is 6.08 Å². The largest absolute Gasteiger partial charge is 0.495 e. The van der Waals surface area contributed by atoms with E-state index in [-0.39, 0.29) is 5.91 Å². The zero-order chi connectivity index (χ0) is 21.7. The third-order valence-electron chi connectivity index (χ3n) is 6.57. The molecule has 2 fully saturated rings. The summed E-state index contributed by atoms with van der Waals surface area (Å²) >= 11 is 1.82. The lowest BCUT2D eigenvalue weighted by Gasteiger charge is -2.43. The molecule has 6 rings (SSSR count). The van der Waals surface area contributed by atoms with Gasteiger partial charge >= 0.3 is 0 Å². The summed E-state index contributed by atoms with van der Waals surface area (Å²) in [6.45, 7) is 4.79. The van der Waals surface area contributed by atoms with Gasteiger partial charge in [-0.3, -0.25) is 4.79 Å². The van der Waals surface area contributed by atoms with Gasteiger partial charge in [0.05, 0.1) is 37.8 Å². The number of fused-ring (bicyclic) bond motifs is 2. The zero-order valence-electron chi connectivity index (χ0n) is 17.9. The third-order valence-corrected chi connectivity index (χ3v) is 7.54. The molecule has 2 aromatic heterocycles. The molecule has 10 heteroatoms. The molecular formula is C22H25N6O3S+. The number of amides is 1. The Hall–Kier alpha value is -2.82. The van der Waals surface area contributed by atoms with Crippen LogP contribution in [0.15, 0.2) is 52.4 Å². The summed E-state index contributed by atoms with van der Waals surface area (Å²) in [5.41, 5.74) is 3.30. The van der Waals surface area contributed by atoms with E-state index in [1.807, 2.05) is 22.7 Å². The van der Waals surface area contributed by atoms with Crippen LogP contribution < -0.4 is 9.64 Å². The highest BCUT2D eigenvalue weighted by Gasteiger charge is 2.48. The maximum atomic E-state index is 13.0. The maximum Gasteiger partial charge on any atom is 0.300 e. The Kier molecular flexibility index (Phi) is 4.74. The Morgan fingerprint density at radius 2 is 2.12 bits per heavy atom. The van der Waals surface area contributed by atoms with Crippen LogP contribution in [-0.2, 0) is 4.79 Å². The molecule has 0 N–H and O–H groups in total. The van der Waals surface area contributed by atoms with E-state index in [0.29, 0.717) is 34.1 Å². The van der Waals surface area contributed by atoms with Gasteiger partial charge < -0.3 is 19.0 Å². The molecule has 1 atom stereocenters. The summed E-state index contributed by atoms with van der Waals surface area (Å²) in [7, 11) is 1.61. The number of allylic oxidation sites excluding steroid dienone is 3. The first-order valence-corrected chi connectivity index (χ1v) is 12.0. The minimum Gasteiger partial charge on any atom is -0.495 e. The minimum absolute atomic E-state index is 0.184. The van der Waals surface area contributed by atoms with Crippen LogP contribution in [-0.4, -0.2) is 88.4 Å². The molecule has 4 aliphatic rings. The van der Waals surface area contributed by atoms with Gasteiger partial charge in [-0.1, -0.05) is 0 Å². The average Bonchev–Trinajstić information content (AvgIpc) is 3.61. The number of quaternary nitrogens is 1. The number of hydrogen-bond donors (Lipinski definition) is 0. The lowest BCUT2D eigenvalue weighted by Crippen LogP contribution is -2.60. The quantitative estimate of drug-likeness (QED) is 0.651. The van der Waals surface area contributed by atoms with Crippen molar-refractivity contribution in [3.05, 3.63) is 48.0 Å². The number of carbonyl (C=O) groups excluding carboxylic acids is 1. The summed E-state index contributed by atoms with van der Waals surface area (Å²) in [6, 6.07) is 2.41. The fourth-order valence-electron chi connectivity index (χ4n) is 4.83. The number of aromatic nitrogens is 2. The Labute approximate surface area is 190 Å². The molecule has 166 valence electrons. The van der Waals surface area contributed by atoms with Gasteiger partial charge in [0.2, 0.25) is 5.65 Å². The van der Waals surface area contributed by atoms with E-state index in [2.05, 4.69) is 44.3 Å². The molecule has 0 radical (unpaired) electrons. The fourth-order valence-corrected chi connectivity index (χ4v) is 5.78. The zero-order valence-corrected chi connectivity index (χ0v) is 18.8. The van der Waals surface area contributed by atoms with Crippen molar-refractivity contribution in [3.63, 3.8) is 0 Å². The van der Waals surface area contributed by atoms with Crippen LogP contribution in [0.1, 0.15) is 0 Å². The second-order valence-corrected chi connectivity index (χ2v) is 9.40. The molecule has 0 spiro atoms. The fraction of sp³-hybridized carbons (Fsp3) is 0.409. The number of rotatable bonds is 4. The lowest BCUT2D eigenvalue weighted by molar-refractivity contribution is -0.948. The first kappa shape index (κ1) is 19.8. The Morgan fingerprint density at radius 1 is 1.25 bits per heavy atom. The third kappa shape index (κ3) is 3.13. The molecule has 2 saturated heterocycles. The van der Waals surface area contributed by atoms with Gasteiger partial charge in [-0.2, -0.15) is 9.58 Å². The topological polar surface area (TPSA) is 74.9 Å². The Bertz CT molecular complexity index is 1160. The second-order valence-electron chi connectivity index (χ2n) is 8.33. The molecule has 0 unspecified atom stereocenters. The molecule has 0 aromatic carbocycles. The summed E-state index contributed by atoms with van der Waals surface area (Å²) in [5.74, 6) is 2.67. The molecule has 0 saturated carbocycles. The Morgan fingerprint density at radius 3 is 2.91 bits per heavy atom. The van der Waals surface area contributed by atoms with E-state index < -0.39 is 0 Å². The van der Waals surface area contributed by atoms with E-state index >= 15 is 0 Å². The number of thioether (sulfide) groups is 1. The molecule has 0 bridgehead atoms. The number of piperazine rings is 1.